The molecule has 0 aromatic heterocycles. The fourth-order valence-electron chi connectivity index (χ4n) is 4.59. The number of aryl methyl sites for hydroxylation is 2. The van der Waals surface area contributed by atoms with Crippen LogP contribution in [0.4, 0.5) is 10.5 Å². The van der Waals surface area contributed by atoms with Gasteiger partial charge in [0, 0.05) is 5.92 Å². The molecule has 3 aromatic rings. The van der Waals surface area contributed by atoms with Crippen LogP contribution in [0.25, 0.3) is 11.1 Å². The zero-order valence-corrected chi connectivity index (χ0v) is 18.3. The Bertz CT molecular complexity index is 1050. The van der Waals surface area contributed by atoms with Gasteiger partial charge in [-0.15, -0.1) is 0 Å². The van der Waals surface area contributed by atoms with E-state index in [1.807, 2.05) is 56.3 Å². The number of ether oxygens (including phenoxy) is 1. The van der Waals surface area contributed by atoms with Gasteiger partial charge in [0.2, 0.25) is 0 Å². The van der Waals surface area contributed by atoms with Crippen LogP contribution >= 0.6 is 0 Å². The van der Waals surface area contributed by atoms with Crippen LogP contribution in [-0.4, -0.2) is 30.5 Å². The lowest BCUT2D eigenvalue weighted by atomic mass is 9.98. The minimum atomic E-state index is -0.424. The molecule has 0 saturated heterocycles. The monoisotopic (exact) mass is 415 g/mol. The lowest BCUT2D eigenvalue weighted by molar-refractivity contribution is 0.144. The number of amides is 1. The van der Waals surface area contributed by atoms with E-state index in [1.165, 1.54) is 22.3 Å². The van der Waals surface area contributed by atoms with Crippen molar-refractivity contribution in [3.05, 3.63) is 89.0 Å². The van der Waals surface area contributed by atoms with Gasteiger partial charge in [0.1, 0.15) is 6.61 Å². The average Bonchev–Trinajstić information content (AvgIpc) is 3.12. The van der Waals surface area contributed by atoms with Crippen molar-refractivity contribution in [3.8, 4) is 11.1 Å². The second kappa shape index (κ2) is 8.94. The zero-order chi connectivity index (χ0) is 22.0. The highest BCUT2D eigenvalue weighted by Crippen LogP contribution is 2.44. The van der Waals surface area contributed by atoms with Gasteiger partial charge in [-0.25, -0.2) is 4.79 Å². The SMILES string of the molecule is CCc1cccc(C)c1N(C(=O)OCC1c2ccccc2-c2ccccc21)C(C)CO. The molecule has 1 atom stereocenters. The van der Waals surface area contributed by atoms with Crippen molar-refractivity contribution < 1.29 is 14.6 Å². The van der Waals surface area contributed by atoms with Crippen LogP contribution in [0.3, 0.4) is 0 Å². The van der Waals surface area contributed by atoms with E-state index in [4.69, 9.17) is 4.74 Å². The predicted molar refractivity (Wildman–Crippen MR) is 125 cm³/mol. The van der Waals surface area contributed by atoms with Crippen LogP contribution < -0.4 is 4.90 Å². The molecule has 0 fully saturated rings. The molecule has 4 rings (SSSR count). The maximum absolute atomic E-state index is 13.3. The van der Waals surface area contributed by atoms with Crippen molar-refractivity contribution in [1.82, 2.24) is 0 Å². The van der Waals surface area contributed by atoms with Gasteiger partial charge < -0.3 is 9.84 Å². The molecule has 0 spiro atoms. The molecule has 0 bridgehead atoms. The van der Waals surface area contributed by atoms with Crippen LogP contribution in [0.2, 0.25) is 0 Å². The number of anilines is 1. The molecular formula is C27H29NO3. The summed E-state index contributed by atoms with van der Waals surface area (Å²) in [5, 5.41) is 9.86. The fourth-order valence-corrected chi connectivity index (χ4v) is 4.59. The number of fused-ring (bicyclic) bond motifs is 3. The number of para-hydroxylation sites is 1. The Morgan fingerprint density at radius 2 is 1.61 bits per heavy atom. The molecule has 4 nitrogen and oxygen atoms in total. The number of carbonyl (C=O) groups is 1. The number of rotatable bonds is 6. The molecule has 1 unspecified atom stereocenters. The zero-order valence-electron chi connectivity index (χ0n) is 18.3. The van der Waals surface area contributed by atoms with E-state index in [2.05, 4.69) is 31.2 Å². The number of nitrogens with zero attached hydrogens (tertiary/aromatic N) is 1. The average molecular weight is 416 g/mol. The summed E-state index contributed by atoms with van der Waals surface area (Å²) < 4.78 is 5.91. The Labute approximate surface area is 184 Å². The first kappa shape index (κ1) is 21.1. The van der Waals surface area contributed by atoms with E-state index >= 15 is 0 Å². The summed E-state index contributed by atoms with van der Waals surface area (Å²) >= 11 is 0. The lowest BCUT2D eigenvalue weighted by Gasteiger charge is -2.31. The number of aliphatic hydroxyl groups is 1. The normalized spacial score (nSPS) is 13.4. The minimum Gasteiger partial charge on any atom is -0.448 e. The molecule has 0 saturated carbocycles. The van der Waals surface area contributed by atoms with Gasteiger partial charge in [0.05, 0.1) is 18.3 Å². The highest BCUT2D eigenvalue weighted by atomic mass is 16.6. The van der Waals surface area contributed by atoms with Crippen LogP contribution in [0.15, 0.2) is 66.7 Å². The Balaban J connectivity index is 1.63. The molecule has 3 aromatic carbocycles. The van der Waals surface area contributed by atoms with Crippen LogP contribution in [0.1, 0.15) is 42.0 Å². The van der Waals surface area contributed by atoms with Crippen molar-refractivity contribution in [3.63, 3.8) is 0 Å². The predicted octanol–water partition coefficient (Wildman–Crippen LogP) is 5.69. The molecule has 160 valence electrons. The van der Waals surface area contributed by atoms with Gasteiger partial charge >= 0.3 is 6.09 Å². The van der Waals surface area contributed by atoms with Crippen molar-refractivity contribution in [2.45, 2.75) is 39.2 Å². The van der Waals surface area contributed by atoms with E-state index in [0.29, 0.717) is 0 Å². The van der Waals surface area contributed by atoms with E-state index < -0.39 is 6.09 Å². The van der Waals surface area contributed by atoms with Gasteiger partial charge in [0.15, 0.2) is 0 Å². The first-order chi connectivity index (χ1) is 15.1. The molecule has 1 aliphatic rings. The van der Waals surface area contributed by atoms with Crippen LogP contribution in [-0.2, 0) is 11.2 Å². The van der Waals surface area contributed by atoms with Crippen molar-refractivity contribution in [2.75, 3.05) is 18.1 Å². The fraction of sp³-hybridized carbons (Fsp3) is 0.296. The molecule has 0 aliphatic heterocycles. The first-order valence-corrected chi connectivity index (χ1v) is 10.9. The Morgan fingerprint density at radius 3 is 2.19 bits per heavy atom. The van der Waals surface area contributed by atoms with Crippen molar-refractivity contribution in [1.29, 1.82) is 0 Å². The number of carbonyl (C=O) groups excluding carboxylic acids is 1. The molecule has 4 heteroatoms. The van der Waals surface area contributed by atoms with Crippen molar-refractivity contribution in [2.24, 2.45) is 0 Å². The lowest BCUT2D eigenvalue weighted by Crippen LogP contribution is -2.42. The molecule has 0 heterocycles. The summed E-state index contributed by atoms with van der Waals surface area (Å²) in [6, 6.07) is 22.2. The summed E-state index contributed by atoms with van der Waals surface area (Å²) in [6.45, 7) is 6.02. The van der Waals surface area contributed by atoms with Gasteiger partial charge in [-0.05, 0) is 53.6 Å². The Kier molecular flexibility index (Phi) is 6.10. The third-order valence-electron chi connectivity index (χ3n) is 6.18. The van der Waals surface area contributed by atoms with E-state index in [9.17, 15) is 9.90 Å². The highest BCUT2D eigenvalue weighted by Gasteiger charge is 2.31. The molecule has 1 N–H and O–H groups in total. The Morgan fingerprint density at radius 1 is 1.00 bits per heavy atom. The van der Waals surface area contributed by atoms with Crippen LogP contribution in [0.5, 0.6) is 0 Å². The van der Waals surface area contributed by atoms with Gasteiger partial charge in [-0.2, -0.15) is 0 Å². The second-order valence-corrected chi connectivity index (χ2v) is 8.14. The summed E-state index contributed by atoms with van der Waals surface area (Å²) in [5.74, 6) is 0.00477. The van der Waals surface area contributed by atoms with E-state index in [0.717, 1.165) is 23.2 Å². The maximum atomic E-state index is 13.3. The summed E-state index contributed by atoms with van der Waals surface area (Å²) in [7, 11) is 0. The molecular weight excluding hydrogens is 386 g/mol. The van der Waals surface area contributed by atoms with E-state index in [-0.39, 0.29) is 25.2 Å². The maximum Gasteiger partial charge on any atom is 0.414 e. The minimum absolute atomic E-state index is 0.00477. The quantitative estimate of drug-likeness (QED) is 0.562. The molecule has 1 aliphatic carbocycles. The topological polar surface area (TPSA) is 49.8 Å². The summed E-state index contributed by atoms with van der Waals surface area (Å²) in [5.41, 5.74) is 7.66. The summed E-state index contributed by atoms with van der Waals surface area (Å²) in [4.78, 5) is 14.9. The van der Waals surface area contributed by atoms with Gasteiger partial charge in [0.25, 0.3) is 0 Å². The van der Waals surface area contributed by atoms with Crippen molar-refractivity contribution >= 4 is 11.8 Å². The number of hydrogen-bond acceptors (Lipinski definition) is 3. The largest absolute Gasteiger partial charge is 0.448 e. The second-order valence-electron chi connectivity index (χ2n) is 8.14. The highest BCUT2D eigenvalue weighted by molar-refractivity contribution is 5.90. The standard InChI is InChI=1S/C27H29NO3/c1-4-20-11-9-10-18(2)26(20)28(19(3)16-29)27(30)31-17-25-23-14-7-5-12-21(23)22-13-6-8-15-24(22)25/h5-15,19,25,29H,4,16-17H2,1-3H3. The van der Waals surface area contributed by atoms with E-state index in [1.54, 1.807) is 4.90 Å². The van der Waals surface area contributed by atoms with Crippen LogP contribution in [0, 0.1) is 6.92 Å². The number of benzene rings is 3. The number of aliphatic hydroxyl groups excluding tert-OH is 1. The Hall–Kier alpha value is -3.11. The first-order valence-electron chi connectivity index (χ1n) is 10.9. The summed E-state index contributed by atoms with van der Waals surface area (Å²) in [6.07, 6.45) is 0.370. The van der Waals surface area contributed by atoms with Gasteiger partial charge in [-0.3, -0.25) is 4.90 Å². The molecule has 0 radical (unpaired) electrons. The van der Waals surface area contributed by atoms with Gasteiger partial charge in [-0.1, -0.05) is 73.7 Å². The molecule has 1 amide bonds. The smallest absolute Gasteiger partial charge is 0.414 e. The third kappa shape index (κ3) is 3.84. The third-order valence-corrected chi connectivity index (χ3v) is 6.18. The number of hydrogen-bond donors (Lipinski definition) is 1. The molecule has 31 heavy (non-hydrogen) atoms.